The number of likely N-dealkylation sites (N-methyl/N-ethyl adjacent to an activating group) is 1. The Bertz CT molecular complexity index is 1120. The van der Waals surface area contributed by atoms with E-state index in [1.807, 2.05) is 0 Å². The van der Waals surface area contributed by atoms with Gasteiger partial charge in [-0.15, -0.1) is 0 Å². The van der Waals surface area contributed by atoms with E-state index in [0.717, 1.165) is 0 Å². The molecule has 23 N–H and O–H groups in total. The summed E-state index contributed by atoms with van der Waals surface area (Å²) >= 11 is 0. The highest BCUT2D eigenvalue weighted by atomic mass is 16.3. The van der Waals surface area contributed by atoms with Crippen LogP contribution in [0.15, 0.2) is 0 Å². The van der Waals surface area contributed by atoms with Gasteiger partial charge < -0.3 is 133 Å². The molecule has 0 aliphatic rings. The zero-order chi connectivity index (χ0) is 56.7. The van der Waals surface area contributed by atoms with Gasteiger partial charge >= 0.3 is 0 Å². The molecular weight excluding hydrogens is 972 g/mol. The monoisotopic (exact) mass is 1050 g/mol. The molecule has 5 atom stereocenters. The van der Waals surface area contributed by atoms with Crippen molar-refractivity contribution in [3.05, 3.63) is 0 Å². The van der Waals surface area contributed by atoms with Crippen molar-refractivity contribution in [1.29, 1.82) is 0 Å². The van der Waals surface area contributed by atoms with Crippen LogP contribution in [0, 0.1) is 0 Å². The Morgan fingerprint density at radius 1 is 0.451 bits per heavy atom. The maximum Gasteiger partial charge on any atom is 0.209 e. The normalized spacial score (nSPS) is 11.7. The first-order chi connectivity index (χ1) is 33.9. The van der Waals surface area contributed by atoms with Gasteiger partial charge in [0.05, 0.1) is 129 Å². The van der Waals surface area contributed by atoms with E-state index in [2.05, 4.69) is 26.6 Å². The summed E-state index contributed by atoms with van der Waals surface area (Å²) < 4.78 is 0. The van der Waals surface area contributed by atoms with E-state index in [4.69, 9.17) is 91.9 Å². The van der Waals surface area contributed by atoms with E-state index in [1.165, 1.54) is 21.7 Å². The van der Waals surface area contributed by atoms with E-state index in [0.29, 0.717) is 70.9 Å². The molecule has 0 aromatic carbocycles. The van der Waals surface area contributed by atoms with Crippen LogP contribution in [0.2, 0.25) is 0 Å². The average molecular weight is 1060 g/mol. The maximum absolute atomic E-state index is 10.2. The summed E-state index contributed by atoms with van der Waals surface area (Å²) in [6.07, 6.45) is 0.192. The second kappa shape index (κ2) is 69.3. The average Bonchev–Trinajstić information content (AvgIpc) is 3.40. The van der Waals surface area contributed by atoms with Gasteiger partial charge in [-0.25, -0.2) is 0 Å². The molecule has 0 saturated carbocycles. The number of carbonyl (C=O) groups excluding carboxylic acids is 8. The smallest absolute Gasteiger partial charge is 0.209 e. The Morgan fingerprint density at radius 3 is 1.14 bits per heavy atom. The summed E-state index contributed by atoms with van der Waals surface area (Å²) in [6.45, 7) is -2.56. The van der Waals surface area contributed by atoms with Crippen LogP contribution in [0.5, 0.6) is 0 Å². The molecule has 0 aromatic heterocycles. The topological polar surface area (TPSA) is 571 Å². The second-order valence-electron chi connectivity index (χ2n) is 13.0. The molecule has 0 heterocycles. The molecule has 71 heavy (non-hydrogen) atoms. The highest BCUT2D eigenvalue weighted by Crippen LogP contribution is 1.98. The first-order valence-corrected chi connectivity index (χ1v) is 20.6. The fourth-order valence-electron chi connectivity index (χ4n) is 3.09. The lowest BCUT2D eigenvalue weighted by atomic mass is 10.0. The van der Waals surface area contributed by atoms with Crippen LogP contribution >= 0.6 is 0 Å². The number of aliphatic hydroxyl groups excluding tert-OH is 18. The van der Waals surface area contributed by atoms with Gasteiger partial charge in [-0.3, -0.25) is 38.4 Å². The van der Waals surface area contributed by atoms with Crippen molar-refractivity contribution in [2.24, 2.45) is 0 Å². The third-order valence-corrected chi connectivity index (χ3v) is 7.14. The van der Waals surface area contributed by atoms with Crippen LogP contribution < -0.4 is 26.6 Å². The minimum absolute atomic E-state index is 0.0126. The van der Waals surface area contributed by atoms with Crippen molar-refractivity contribution in [2.45, 2.75) is 42.0 Å². The molecular formula is C37H82N8O26. The first-order valence-electron chi connectivity index (χ1n) is 20.6. The van der Waals surface area contributed by atoms with E-state index < -0.39 is 68.5 Å². The first kappa shape index (κ1) is 82.9. The molecule has 0 spiro atoms. The Morgan fingerprint density at radius 2 is 0.887 bits per heavy atom. The van der Waals surface area contributed by atoms with Crippen LogP contribution in [-0.4, -0.2) is 345 Å². The fraction of sp³-hybridized carbons (Fsp3) is 0.784. The van der Waals surface area contributed by atoms with Gasteiger partial charge in [0.1, 0.15) is 5.54 Å². The highest BCUT2D eigenvalue weighted by Gasteiger charge is 2.26. The highest BCUT2D eigenvalue weighted by molar-refractivity contribution is 5.49. The van der Waals surface area contributed by atoms with Gasteiger partial charge in [-0.2, -0.15) is 0 Å². The van der Waals surface area contributed by atoms with Crippen molar-refractivity contribution in [2.75, 3.05) is 145 Å². The van der Waals surface area contributed by atoms with Crippen LogP contribution in [0.25, 0.3) is 0 Å². The molecule has 0 bridgehead atoms. The third-order valence-electron chi connectivity index (χ3n) is 7.14. The van der Waals surface area contributed by atoms with E-state index in [1.54, 1.807) is 0 Å². The number of nitrogens with zero attached hydrogens (tertiary/aromatic N) is 3. The molecule has 5 unspecified atom stereocenters. The van der Waals surface area contributed by atoms with Gasteiger partial charge in [-0.05, 0) is 0 Å². The van der Waals surface area contributed by atoms with Gasteiger partial charge in [-0.1, -0.05) is 0 Å². The van der Waals surface area contributed by atoms with Crippen molar-refractivity contribution in [1.82, 2.24) is 41.3 Å². The summed E-state index contributed by atoms with van der Waals surface area (Å²) in [4.78, 5) is 81.9. The molecule has 0 aliphatic heterocycles. The van der Waals surface area contributed by atoms with Crippen molar-refractivity contribution < 1.29 is 130 Å². The van der Waals surface area contributed by atoms with Gasteiger partial charge in [0, 0.05) is 52.9 Å². The van der Waals surface area contributed by atoms with Crippen molar-refractivity contribution >= 4 is 51.3 Å². The Labute approximate surface area is 410 Å². The molecule has 0 rings (SSSR count). The number of nitrogens with one attached hydrogen (secondary N) is 5. The summed E-state index contributed by atoms with van der Waals surface area (Å²) in [6, 6.07) is -1.28. The largest absolute Gasteiger partial charge is 0.395 e. The fourth-order valence-corrected chi connectivity index (χ4v) is 3.09. The lowest BCUT2D eigenvalue weighted by Gasteiger charge is -2.25. The number of hydrogen-bond donors (Lipinski definition) is 23. The molecule has 8 amide bonds. The quantitative estimate of drug-likeness (QED) is 0.0205. The third kappa shape index (κ3) is 67.2. The molecule has 426 valence electrons. The van der Waals surface area contributed by atoms with Crippen LogP contribution in [0.1, 0.15) is 0 Å². The molecule has 0 radical (unpaired) electrons. The lowest BCUT2D eigenvalue weighted by molar-refractivity contribution is -0.120. The molecule has 0 fully saturated rings. The number of hydrogen-bond acceptors (Lipinski definition) is 26. The van der Waals surface area contributed by atoms with Gasteiger partial charge in [0.25, 0.3) is 0 Å². The van der Waals surface area contributed by atoms with Crippen molar-refractivity contribution in [3.8, 4) is 0 Å². The Hall–Kier alpha value is -4.96. The summed E-state index contributed by atoms with van der Waals surface area (Å²) in [5.41, 5.74) is -1.28. The zero-order valence-electron chi connectivity index (χ0n) is 39.6. The second-order valence-corrected chi connectivity index (χ2v) is 13.0. The van der Waals surface area contributed by atoms with Gasteiger partial charge in [0.15, 0.2) is 0 Å². The minimum Gasteiger partial charge on any atom is -0.395 e. The summed E-state index contributed by atoms with van der Waals surface area (Å²) in [7, 11) is 1.53. The molecule has 34 nitrogen and oxygen atoms in total. The lowest BCUT2D eigenvalue weighted by Crippen LogP contribution is -2.54. The predicted octanol–water partition coefficient (Wildman–Crippen LogP) is -15.6. The molecule has 0 saturated heterocycles. The minimum atomic E-state index is -1.28. The van der Waals surface area contributed by atoms with E-state index in [9.17, 15) is 38.4 Å². The predicted molar refractivity (Wildman–Crippen MR) is 243 cm³/mol. The molecule has 34 heteroatoms. The maximum atomic E-state index is 10.2. The zero-order valence-corrected chi connectivity index (χ0v) is 39.6. The van der Waals surface area contributed by atoms with Crippen LogP contribution in [-0.2, 0) is 38.4 Å². The number of aliphatic hydroxyl groups is 18. The summed E-state index contributed by atoms with van der Waals surface area (Å²) in [5, 5.41) is 163. The van der Waals surface area contributed by atoms with E-state index >= 15 is 0 Å². The molecule has 0 aromatic rings. The van der Waals surface area contributed by atoms with Crippen molar-refractivity contribution in [3.63, 3.8) is 0 Å². The standard InChI is InChI=1S/C6H13NO4.2C5H11NO4.2C5H11NO3.2C4H9NO3.C3H7NO2/c8-2-1-7(5-10)3-6(11)4-9;7-1-5(2-8,3-9)6-4-10;7-1-4(6-3-9)5(10)2-8;1-6(4-8)2-5(9)3-7;7-3-1-6(5-9)2-4-8;6-1-4(2-7)5-3-8;6-2-4(8)1-5-3-7;5-2-1-4-3-6/h5-6,8-9,11H,1-4H2;4,7-9H,1-3H2,(H,6,10);3-5,7-8,10H,1-2H2,(H,6,9);4-5,7,9H,2-3H2,1H3;5,7-8H,1-4H2;3-4,6-7H,1-2H2,(H,5,8);3-4,6,8H,1-2H2,(H,5,7);3,5H,1-2H2,(H,4,6). The van der Waals surface area contributed by atoms with Gasteiger partial charge in [0.2, 0.25) is 51.3 Å². The Kier molecular flexibility index (Phi) is 80.9. The van der Waals surface area contributed by atoms with E-state index in [-0.39, 0.29) is 92.2 Å². The van der Waals surface area contributed by atoms with Crippen LogP contribution in [0.3, 0.4) is 0 Å². The Balaban J connectivity index is -0.000000107. The number of rotatable bonds is 36. The summed E-state index contributed by atoms with van der Waals surface area (Å²) in [5.74, 6) is 0. The SMILES string of the molecule is CN(C=O)CC(O)CO.O=CN(CCO)CC(O)CO.O=CN(CCO)CCO.O=CNC(CO)(CO)CO.O=CNC(CO)C(O)CO.O=CNC(CO)CO.O=CNCC(O)CO.O=CNCCO. The number of carbonyl (C=O) groups is 8. The van der Waals surface area contributed by atoms with Crippen LogP contribution in [0.4, 0.5) is 0 Å². The number of amides is 8. The molecule has 0 aliphatic carbocycles.